The fourth-order valence-electron chi connectivity index (χ4n) is 6.86. The smallest absolute Gasteiger partial charge is 0.352 e. The van der Waals surface area contributed by atoms with E-state index in [2.05, 4.69) is 15.8 Å². The second-order valence-electron chi connectivity index (χ2n) is 14.9. The number of oxime groups is 1. The third-order valence-corrected chi connectivity index (χ3v) is 12.7. The Kier molecular flexibility index (Phi) is 14.4. The summed E-state index contributed by atoms with van der Waals surface area (Å²) in [5, 5.41) is 22.2. The molecule has 13 nitrogen and oxygen atoms in total. The number of aromatic nitrogens is 2. The van der Waals surface area contributed by atoms with Crippen LogP contribution in [0.15, 0.2) is 142 Å². The number of carboxylic acid groups (broad SMARTS) is 1. The number of amides is 2. The molecule has 2 aliphatic rings. The van der Waals surface area contributed by atoms with Crippen LogP contribution in [0, 0.1) is 0 Å². The lowest BCUT2D eigenvalue weighted by atomic mass is 9.77. The van der Waals surface area contributed by atoms with Crippen LogP contribution in [-0.2, 0) is 41.3 Å². The molecule has 3 N–H and O–H groups in total. The number of carbonyl (C=O) groups excluding carboxylic acids is 3. The Bertz CT molecular complexity index is 2330. The van der Waals surface area contributed by atoms with Gasteiger partial charge >= 0.3 is 11.9 Å². The Balaban J connectivity index is 0.00000622. The summed E-state index contributed by atoms with van der Waals surface area (Å²) in [6.07, 6.45) is 3.81. The van der Waals surface area contributed by atoms with Crippen LogP contribution in [0.3, 0.4) is 0 Å². The quantitative estimate of drug-likeness (QED) is 0.0269. The molecule has 0 saturated carbocycles. The zero-order valence-electron chi connectivity index (χ0n) is 33.6. The van der Waals surface area contributed by atoms with E-state index in [1.54, 1.807) is 26.2 Å². The number of rotatable bonds is 15. The van der Waals surface area contributed by atoms with Gasteiger partial charge in [-0.3, -0.25) is 14.5 Å². The minimum atomic E-state index is -1.22. The molecule has 1 fully saturated rings. The van der Waals surface area contributed by atoms with Crippen molar-refractivity contribution < 1.29 is 55.4 Å². The van der Waals surface area contributed by atoms with E-state index < -0.39 is 52.9 Å². The van der Waals surface area contributed by atoms with Gasteiger partial charge in [-0.2, -0.15) is 0 Å². The highest BCUT2D eigenvalue weighted by Crippen LogP contribution is 2.43. The number of carboxylic acids is 1. The number of esters is 1. The highest BCUT2D eigenvalue weighted by molar-refractivity contribution is 8.01. The van der Waals surface area contributed by atoms with E-state index in [0.717, 1.165) is 21.6 Å². The van der Waals surface area contributed by atoms with Crippen LogP contribution in [0.4, 0.5) is 5.13 Å². The van der Waals surface area contributed by atoms with Gasteiger partial charge in [-0.15, -0.1) is 34.9 Å². The van der Waals surface area contributed by atoms with Crippen molar-refractivity contribution in [2.24, 2.45) is 12.2 Å². The molecule has 1 saturated heterocycles. The maximum atomic E-state index is 14.2. The summed E-state index contributed by atoms with van der Waals surface area (Å²) in [7, 11) is 1.91. The van der Waals surface area contributed by atoms with Gasteiger partial charge in [0.2, 0.25) is 6.61 Å². The third kappa shape index (κ3) is 10.2. The fraction of sp³-hybridized carbons (Fsp3) is 0.250. The van der Waals surface area contributed by atoms with Gasteiger partial charge in [0.25, 0.3) is 11.8 Å². The first kappa shape index (κ1) is 45.0. The number of nitrogens with zero attached hydrogens (tertiary/aromatic N) is 4. The van der Waals surface area contributed by atoms with E-state index >= 15 is 0 Å². The zero-order valence-corrected chi connectivity index (χ0v) is 37.6. The molecular formula is C44H43BrN6O7S3. The number of anilines is 1. The Morgan fingerprint density at radius 2 is 1.51 bits per heavy atom. The van der Waals surface area contributed by atoms with E-state index in [-0.39, 0.29) is 34.1 Å². The van der Waals surface area contributed by atoms with E-state index in [1.807, 2.05) is 127 Å². The number of ether oxygens (including phenoxy) is 1. The van der Waals surface area contributed by atoms with Crippen molar-refractivity contribution >= 4 is 69.5 Å². The van der Waals surface area contributed by atoms with Gasteiger partial charge in [-0.05, 0) is 43.0 Å². The van der Waals surface area contributed by atoms with Crippen LogP contribution in [0.2, 0.25) is 0 Å². The van der Waals surface area contributed by atoms with E-state index in [0.29, 0.717) is 22.2 Å². The van der Waals surface area contributed by atoms with Crippen molar-refractivity contribution in [1.82, 2.24) is 15.2 Å². The number of benzene rings is 3. The number of nitrogens with one attached hydrogen (secondary N) is 2. The summed E-state index contributed by atoms with van der Waals surface area (Å²) in [5.74, 6) is -2.55. The number of aryl methyl sites for hydroxylation is 1. The molecule has 17 heteroatoms. The Morgan fingerprint density at radius 3 is 2.05 bits per heavy atom. The molecule has 61 heavy (non-hydrogen) atoms. The number of thiazole rings is 1. The lowest BCUT2D eigenvalue weighted by Crippen LogP contribution is -3.00. The average Bonchev–Trinajstić information content (AvgIpc) is 3.70. The highest BCUT2D eigenvalue weighted by atomic mass is 79.9. The number of pyridine rings is 1. The molecule has 5 aromatic rings. The average molecular weight is 944 g/mol. The lowest BCUT2D eigenvalue weighted by molar-refractivity contribution is -0.671. The lowest BCUT2D eigenvalue weighted by Gasteiger charge is -2.49. The van der Waals surface area contributed by atoms with Crippen LogP contribution < -0.4 is 32.2 Å². The van der Waals surface area contributed by atoms with Crippen LogP contribution in [0.1, 0.15) is 43.2 Å². The summed E-state index contributed by atoms with van der Waals surface area (Å²) >= 11 is 4.09. The van der Waals surface area contributed by atoms with Gasteiger partial charge in [-0.1, -0.05) is 96.2 Å². The minimum absolute atomic E-state index is 0. The number of hydrogen-bond donors (Lipinski definition) is 3. The van der Waals surface area contributed by atoms with E-state index in [1.165, 1.54) is 39.8 Å². The number of fused-ring (bicyclic) bond motifs is 1. The maximum Gasteiger partial charge on any atom is 0.352 e. The molecule has 0 unspecified atom stereocenters. The molecular weight excluding hydrogens is 901 g/mol. The van der Waals surface area contributed by atoms with Crippen molar-refractivity contribution in [1.29, 1.82) is 0 Å². The van der Waals surface area contributed by atoms with Crippen LogP contribution in [0.5, 0.6) is 0 Å². The first-order chi connectivity index (χ1) is 28.8. The molecule has 2 aliphatic heterocycles. The largest absolute Gasteiger partial charge is 1.00 e. The van der Waals surface area contributed by atoms with E-state index in [4.69, 9.17) is 14.6 Å². The summed E-state index contributed by atoms with van der Waals surface area (Å²) in [5.41, 5.74) is 1.48. The maximum absolute atomic E-state index is 14.2. The van der Waals surface area contributed by atoms with Gasteiger partial charge in [0.1, 0.15) is 41.0 Å². The second-order valence-corrected chi connectivity index (χ2v) is 17.9. The Hall–Kier alpha value is -5.49. The van der Waals surface area contributed by atoms with Crippen LogP contribution in [-0.4, -0.2) is 79.6 Å². The van der Waals surface area contributed by atoms with Crippen LogP contribution >= 0.6 is 34.9 Å². The van der Waals surface area contributed by atoms with E-state index in [9.17, 15) is 24.3 Å². The Labute approximate surface area is 376 Å². The van der Waals surface area contributed by atoms with Crippen molar-refractivity contribution in [2.75, 3.05) is 23.4 Å². The second kappa shape index (κ2) is 19.5. The summed E-state index contributed by atoms with van der Waals surface area (Å²) in [4.78, 5) is 65.4. The molecule has 4 heterocycles. The van der Waals surface area contributed by atoms with Crippen molar-refractivity contribution in [3.8, 4) is 0 Å². The normalized spacial score (nSPS) is 16.4. The zero-order chi connectivity index (χ0) is 42.4. The van der Waals surface area contributed by atoms with Gasteiger partial charge in [0, 0.05) is 33.9 Å². The minimum Gasteiger partial charge on any atom is -1.00 e. The molecule has 2 amide bonds. The number of hydrogen-bond acceptors (Lipinski definition) is 12. The van der Waals surface area contributed by atoms with Gasteiger partial charge in [0.05, 0.1) is 0 Å². The third-order valence-electron chi connectivity index (χ3n) is 9.53. The molecule has 2 aromatic heterocycles. The van der Waals surface area contributed by atoms with Crippen molar-refractivity contribution in [2.45, 2.75) is 48.2 Å². The summed E-state index contributed by atoms with van der Waals surface area (Å²) < 4.78 is 7.26. The molecule has 316 valence electrons. The first-order valence-corrected chi connectivity index (χ1v) is 21.9. The monoisotopic (exact) mass is 942 g/mol. The SMILES string of the molecule is C[n+]1ccc(SCC2=C(C(=O)O)N3C(=O)[C@@H](NC(=O)/C(=N\OCC(=O)OC(C)(C)C)c4csc(NC(c5ccccc5)(c5ccccc5)c5ccccc5)n4)[C@H]3SC2)cc1.[Br-]. The van der Waals surface area contributed by atoms with Gasteiger partial charge in [-0.25, -0.2) is 19.1 Å². The first-order valence-electron chi connectivity index (χ1n) is 19.0. The molecule has 0 bridgehead atoms. The Morgan fingerprint density at radius 1 is 0.934 bits per heavy atom. The number of aliphatic carboxylic acids is 1. The number of halogens is 1. The molecule has 7 rings (SSSR count). The molecule has 0 radical (unpaired) electrons. The predicted octanol–water partition coefficient (Wildman–Crippen LogP) is 2.97. The molecule has 0 spiro atoms. The number of β-lactam (4-membered cyclic amide) rings is 1. The molecule has 2 atom stereocenters. The number of carbonyl (C=O) groups is 4. The molecule has 3 aromatic carbocycles. The highest BCUT2D eigenvalue weighted by Gasteiger charge is 2.54. The number of thioether (sulfide) groups is 2. The van der Waals surface area contributed by atoms with Crippen molar-refractivity contribution in [3.05, 3.63) is 155 Å². The van der Waals surface area contributed by atoms with Gasteiger partial charge < -0.3 is 42.3 Å². The van der Waals surface area contributed by atoms with Crippen LogP contribution in [0.25, 0.3) is 0 Å². The van der Waals surface area contributed by atoms with Gasteiger partial charge in [0.15, 0.2) is 23.2 Å². The fourth-order valence-corrected chi connectivity index (χ4v) is 9.98. The predicted molar refractivity (Wildman–Crippen MR) is 231 cm³/mol. The standard InChI is InChI=1S/C44H42N6O7S3.BrH/c1-43(2,3)57-34(51)24-56-48-35(38(52)46-36-39(53)50-37(41(54)55)28(26-59-40(36)50)25-58-32-20-22-49(4)23-21-32)33-27-60-42(45-33)47-44(29-14-8-5-9-15-29,30-16-10-6-11-17-30)31-18-12-7-13-19-31;/h5-23,27,36,40H,24-26H2,1-4H3,(H2-,45,46,47,52,54,55);1H/b48-35-;/t36-,40-;/m1./s1. The topological polar surface area (TPSA) is 163 Å². The van der Waals surface area contributed by atoms with Crippen molar-refractivity contribution in [3.63, 3.8) is 0 Å². The summed E-state index contributed by atoms with van der Waals surface area (Å²) in [6.45, 7) is 4.56. The molecule has 0 aliphatic carbocycles. The summed E-state index contributed by atoms with van der Waals surface area (Å²) in [6, 6.07) is 32.7.